The molecule has 0 aromatic heterocycles. The van der Waals surface area contributed by atoms with Crippen LogP contribution in [0.4, 0.5) is 0 Å². The molecule has 15 heavy (non-hydrogen) atoms. The van der Waals surface area contributed by atoms with Gasteiger partial charge in [-0.3, -0.25) is 0 Å². The highest BCUT2D eigenvalue weighted by Crippen LogP contribution is 2.11. The molecule has 0 spiro atoms. The second-order valence-electron chi connectivity index (χ2n) is 4.54. The fraction of sp³-hybridized carbons (Fsp3) is 1.00. The van der Waals surface area contributed by atoms with Crippen molar-refractivity contribution in [3.8, 4) is 0 Å². The topological polar surface area (TPSA) is 33.3 Å². The van der Waals surface area contributed by atoms with Crippen molar-refractivity contribution in [2.75, 3.05) is 26.7 Å². The molecule has 1 saturated heterocycles. The van der Waals surface area contributed by atoms with Gasteiger partial charge in [0.05, 0.1) is 6.10 Å². The van der Waals surface area contributed by atoms with Crippen LogP contribution in [0.5, 0.6) is 0 Å². The first-order chi connectivity index (χ1) is 7.33. The standard InChI is InChI=1S/C12H26N2O/c1-11(15-2)10-13-8-5-7-12-6-3-4-9-14-12/h11-14H,3-10H2,1-2H3. The first kappa shape index (κ1) is 12.9. The zero-order valence-corrected chi connectivity index (χ0v) is 10.2. The zero-order chi connectivity index (χ0) is 10.9. The van der Waals surface area contributed by atoms with E-state index >= 15 is 0 Å². The summed E-state index contributed by atoms with van der Waals surface area (Å²) in [5, 5.41) is 7.00. The van der Waals surface area contributed by atoms with Crippen LogP contribution < -0.4 is 10.6 Å². The maximum atomic E-state index is 5.17. The van der Waals surface area contributed by atoms with E-state index in [4.69, 9.17) is 4.74 Å². The zero-order valence-electron chi connectivity index (χ0n) is 10.2. The summed E-state index contributed by atoms with van der Waals surface area (Å²) in [6.07, 6.45) is 7.06. The number of nitrogens with one attached hydrogen (secondary N) is 2. The lowest BCUT2D eigenvalue weighted by Gasteiger charge is -2.23. The first-order valence-electron chi connectivity index (χ1n) is 6.30. The van der Waals surface area contributed by atoms with E-state index in [1.165, 1.54) is 38.6 Å². The smallest absolute Gasteiger partial charge is 0.0667 e. The largest absolute Gasteiger partial charge is 0.380 e. The molecule has 2 atom stereocenters. The van der Waals surface area contributed by atoms with Crippen LogP contribution in [0.1, 0.15) is 39.0 Å². The Morgan fingerprint density at radius 1 is 1.47 bits per heavy atom. The molecule has 0 aromatic carbocycles. The van der Waals surface area contributed by atoms with Crippen molar-refractivity contribution in [1.82, 2.24) is 10.6 Å². The van der Waals surface area contributed by atoms with Gasteiger partial charge >= 0.3 is 0 Å². The van der Waals surface area contributed by atoms with Crippen molar-refractivity contribution >= 4 is 0 Å². The van der Waals surface area contributed by atoms with E-state index in [-0.39, 0.29) is 0 Å². The van der Waals surface area contributed by atoms with E-state index in [2.05, 4.69) is 17.6 Å². The Hall–Kier alpha value is -0.120. The van der Waals surface area contributed by atoms with Crippen molar-refractivity contribution in [3.05, 3.63) is 0 Å². The van der Waals surface area contributed by atoms with Gasteiger partial charge in [-0.2, -0.15) is 0 Å². The number of rotatable bonds is 7. The molecular formula is C12H26N2O. The summed E-state index contributed by atoms with van der Waals surface area (Å²) < 4.78 is 5.17. The quantitative estimate of drug-likeness (QED) is 0.631. The van der Waals surface area contributed by atoms with Gasteiger partial charge in [-0.15, -0.1) is 0 Å². The van der Waals surface area contributed by atoms with E-state index in [9.17, 15) is 0 Å². The van der Waals surface area contributed by atoms with Crippen LogP contribution in [0.2, 0.25) is 0 Å². The van der Waals surface area contributed by atoms with Gasteiger partial charge in [0.15, 0.2) is 0 Å². The number of hydrogen-bond donors (Lipinski definition) is 2. The van der Waals surface area contributed by atoms with Crippen LogP contribution in [-0.2, 0) is 4.74 Å². The van der Waals surface area contributed by atoms with E-state index in [0.29, 0.717) is 6.10 Å². The van der Waals surface area contributed by atoms with E-state index in [1.54, 1.807) is 7.11 Å². The van der Waals surface area contributed by atoms with E-state index in [1.807, 2.05) is 0 Å². The van der Waals surface area contributed by atoms with Crippen LogP contribution in [0.25, 0.3) is 0 Å². The Bertz CT molecular complexity index is 147. The predicted octanol–water partition coefficient (Wildman–Crippen LogP) is 1.53. The molecule has 1 rings (SSSR count). The normalized spacial score (nSPS) is 24.0. The maximum absolute atomic E-state index is 5.17. The average Bonchev–Trinajstić information content (AvgIpc) is 2.29. The molecule has 0 bridgehead atoms. The Labute approximate surface area is 94.0 Å². The summed E-state index contributed by atoms with van der Waals surface area (Å²) in [4.78, 5) is 0. The monoisotopic (exact) mass is 214 g/mol. The van der Waals surface area contributed by atoms with Gasteiger partial charge in [0.1, 0.15) is 0 Å². The lowest BCUT2D eigenvalue weighted by molar-refractivity contribution is 0.117. The van der Waals surface area contributed by atoms with Crippen LogP contribution in [0.3, 0.4) is 0 Å². The molecule has 2 N–H and O–H groups in total. The minimum absolute atomic E-state index is 0.331. The fourth-order valence-electron chi connectivity index (χ4n) is 2.03. The van der Waals surface area contributed by atoms with Crippen molar-refractivity contribution in [2.45, 2.75) is 51.2 Å². The van der Waals surface area contributed by atoms with E-state index in [0.717, 1.165) is 19.1 Å². The van der Waals surface area contributed by atoms with Crippen LogP contribution in [-0.4, -0.2) is 38.9 Å². The minimum Gasteiger partial charge on any atom is -0.380 e. The molecule has 3 heteroatoms. The summed E-state index contributed by atoms with van der Waals surface area (Å²) in [5.74, 6) is 0. The van der Waals surface area contributed by atoms with Gasteiger partial charge in [-0.25, -0.2) is 0 Å². The van der Waals surface area contributed by atoms with Gasteiger partial charge in [0, 0.05) is 19.7 Å². The van der Waals surface area contributed by atoms with Gasteiger partial charge in [-0.05, 0) is 45.7 Å². The highest BCUT2D eigenvalue weighted by atomic mass is 16.5. The highest BCUT2D eigenvalue weighted by molar-refractivity contribution is 4.72. The Kier molecular flexibility index (Phi) is 6.98. The molecule has 0 aliphatic carbocycles. The summed E-state index contributed by atoms with van der Waals surface area (Å²) in [6.45, 7) is 5.40. The lowest BCUT2D eigenvalue weighted by Crippen LogP contribution is -2.35. The van der Waals surface area contributed by atoms with Crippen molar-refractivity contribution in [2.24, 2.45) is 0 Å². The summed E-state index contributed by atoms with van der Waals surface area (Å²) in [5.41, 5.74) is 0. The van der Waals surface area contributed by atoms with Gasteiger partial charge in [0.25, 0.3) is 0 Å². The first-order valence-corrected chi connectivity index (χ1v) is 6.30. The summed E-state index contributed by atoms with van der Waals surface area (Å²) in [7, 11) is 1.76. The van der Waals surface area contributed by atoms with Crippen molar-refractivity contribution in [1.29, 1.82) is 0 Å². The SMILES string of the molecule is COC(C)CNCCCC1CCCCN1. The number of ether oxygens (including phenoxy) is 1. The number of methoxy groups -OCH3 is 1. The second-order valence-corrected chi connectivity index (χ2v) is 4.54. The third kappa shape index (κ3) is 6.13. The third-order valence-corrected chi connectivity index (χ3v) is 3.15. The second kappa shape index (κ2) is 8.08. The molecule has 3 nitrogen and oxygen atoms in total. The molecule has 1 aliphatic rings. The maximum Gasteiger partial charge on any atom is 0.0667 e. The molecule has 1 fully saturated rings. The molecule has 0 saturated carbocycles. The van der Waals surface area contributed by atoms with Gasteiger partial charge in [0.2, 0.25) is 0 Å². The van der Waals surface area contributed by atoms with Gasteiger partial charge < -0.3 is 15.4 Å². The lowest BCUT2D eigenvalue weighted by atomic mass is 10.0. The van der Waals surface area contributed by atoms with Crippen molar-refractivity contribution < 1.29 is 4.74 Å². The summed E-state index contributed by atoms with van der Waals surface area (Å²) in [6, 6.07) is 0.778. The molecule has 0 aromatic rings. The average molecular weight is 214 g/mol. The molecule has 0 amide bonds. The molecule has 90 valence electrons. The third-order valence-electron chi connectivity index (χ3n) is 3.15. The Morgan fingerprint density at radius 3 is 3.00 bits per heavy atom. The van der Waals surface area contributed by atoms with E-state index < -0.39 is 0 Å². The van der Waals surface area contributed by atoms with Gasteiger partial charge in [-0.1, -0.05) is 6.42 Å². The highest BCUT2D eigenvalue weighted by Gasteiger charge is 2.11. The van der Waals surface area contributed by atoms with Crippen LogP contribution in [0, 0.1) is 0 Å². The van der Waals surface area contributed by atoms with Crippen LogP contribution >= 0.6 is 0 Å². The molecular weight excluding hydrogens is 188 g/mol. The van der Waals surface area contributed by atoms with Crippen molar-refractivity contribution in [3.63, 3.8) is 0 Å². The molecule has 1 heterocycles. The Morgan fingerprint density at radius 2 is 2.33 bits per heavy atom. The Balaban J connectivity index is 1.87. The number of hydrogen-bond acceptors (Lipinski definition) is 3. The summed E-state index contributed by atoms with van der Waals surface area (Å²) >= 11 is 0. The molecule has 2 unspecified atom stereocenters. The fourth-order valence-corrected chi connectivity index (χ4v) is 2.03. The molecule has 0 radical (unpaired) electrons. The minimum atomic E-state index is 0.331. The molecule has 1 aliphatic heterocycles. The van der Waals surface area contributed by atoms with Crippen LogP contribution in [0.15, 0.2) is 0 Å². The predicted molar refractivity (Wildman–Crippen MR) is 64.2 cm³/mol. The number of piperidine rings is 1.